The SMILES string of the molecule is C=C(C)C(=O)OCC(O)C1CCC(O)C(OP(=O)(OCCCC)OCCCC)C1. The second kappa shape index (κ2) is 13.5. The number of rotatable bonds is 14. The molecule has 9 heteroatoms. The smallest absolute Gasteiger partial charge is 0.460 e. The Morgan fingerprint density at radius 3 is 2.28 bits per heavy atom. The van der Waals surface area contributed by atoms with Crippen LogP contribution >= 0.6 is 7.82 Å². The van der Waals surface area contributed by atoms with E-state index in [1.165, 1.54) is 6.92 Å². The van der Waals surface area contributed by atoms with E-state index in [0.717, 1.165) is 12.8 Å². The third-order valence-corrected chi connectivity index (χ3v) is 6.36. The highest BCUT2D eigenvalue weighted by molar-refractivity contribution is 7.48. The zero-order chi connectivity index (χ0) is 21.9. The van der Waals surface area contributed by atoms with Gasteiger partial charge in [0.25, 0.3) is 0 Å². The van der Waals surface area contributed by atoms with E-state index >= 15 is 0 Å². The molecule has 0 amide bonds. The van der Waals surface area contributed by atoms with Crippen LogP contribution < -0.4 is 0 Å². The zero-order valence-corrected chi connectivity index (χ0v) is 18.8. The standard InChI is InChI=1S/C20H37O8P/c1-5-7-11-26-29(24,27-12-8-6-2)28-19-13-16(9-10-17(19)21)18(22)14-25-20(23)15(3)4/h16-19,21-22H,3,5-14H2,1-2,4H3. The van der Waals surface area contributed by atoms with Crippen molar-refractivity contribution in [2.75, 3.05) is 19.8 Å². The van der Waals surface area contributed by atoms with E-state index in [0.29, 0.717) is 25.7 Å². The number of carbonyl (C=O) groups excluding carboxylic acids is 1. The van der Waals surface area contributed by atoms with Crippen molar-refractivity contribution in [3.63, 3.8) is 0 Å². The molecule has 0 radical (unpaired) electrons. The summed E-state index contributed by atoms with van der Waals surface area (Å²) in [6.45, 7) is 9.33. The summed E-state index contributed by atoms with van der Waals surface area (Å²) in [6, 6.07) is 0. The fraction of sp³-hybridized carbons (Fsp3) is 0.850. The van der Waals surface area contributed by atoms with Crippen LogP contribution in [0, 0.1) is 5.92 Å². The third kappa shape index (κ3) is 9.73. The lowest BCUT2D eigenvalue weighted by atomic mass is 9.82. The molecule has 0 aromatic carbocycles. The summed E-state index contributed by atoms with van der Waals surface area (Å²) in [5, 5.41) is 20.7. The highest BCUT2D eigenvalue weighted by Crippen LogP contribution is 2.52. The van der Waals surface area contributed by atoms with Crippen molar-refractivity contribution in [3.05, 3.63) is 12.2 Å². The summed E-state index contributed by atoms with van der Waals surface area (Å²) < 4.78 is 34.6. The van der Waals surface area contributed by atoms with E-state index in [1.807, 2.05) is 13.8 Å². The van der Waals surface area contributed by atoms with E-state index in [2.05, 4.69) is 6.58 Å². The van der Waals surface area contributed by atoms with Crippen LogP contribution in [0.1, 0.15) is 65.7 Å². The first-order valence-electron chi connectivity index (χ1n) is 10.5. The van der Waals surface area contributed by atoms with Gasteiger partial charge in [0.2, 0.25) is 0 Å². The van der Waals surface area contributed by atoms with Crippen molar-refractivity contribution in [2.24, 2.45) is 5.92 Å². The summed E-state index contributed by atoms with van der Waals surface area (Å²) in [7, 11) is -3.82. The van der Waals surface area contributed by atoms with Crippen LogP contribution in [0.5, 0.6) is 0 Å². The number of esters is 1. The van der Waals surface area contributed by atoms with Gasteiger partial charge in [-0.05, 0) is 44.9 Å². The highest BCUT2D eigenvalue weighted by atomic mass is 31.2. The first kappa shape index (κ1) is 26.3. The normalized spacial score (nSPS) is 23.6. The van der Waals surface area contributed by atoms with Crippen molar-refractivity contribution in [2.45, 2.75) is 84.0 Å². The lowest BCUT2D eigenvalue weighted by Gasteiger charge is -2.36. The second-order valence-electron chi connectivity index (χ2n) is 7.55. The van der Waals surface area contributed by atoms with Gasteiger partial charge in [0, 0.05) is 5.57 Å². The number of unbranched alkanes of at least 4 members (excludes halogenated alkanes) is 2. The van der Waals surface area contributed by atoms with Gasteiger partial charge in [-0.2, -0.15) is 0 Å². The van der Waals surface area contributed by atoms with Crippen LogP contribution in [0.2, 0.25) is 0 Å². The number of ether oxygens (including phenoxy) is 1. The summed E-state index contributed by atoms with van der Waals surface area (Å²) in [5.41, 5.74) is 0.256. The Labute approximate surface area is 174 Å². The van der Waals surface area contributed by atoms with E-state index in [9.17, 15) is 19.6 Å². The lowest BCUT2D eigenvalue weighted by Crippen LogP contribution is -2.40. The Morgan fingerprint density at radius 1 is 1.17 bits per heavy atom. The molecule has 1 rings (SSSR count). The highest BCUT2D eigenvalue weighted by Gasteiger charge is 2.39. The number of phosphoric ester groups is 1. The molecule has 1 fully saturated rings. The van der Waals surface area contributed by atoms with Gasteiger partial charge in [0.15, 0.2) is 0 Å². The van der Waals surface area contributed by atoms with Crippen LogP contribution in [0.3, 0.4) is 0 Å². The molecule has 0 saturated heterocycles. The topological polar surface area (TPSA) is 112 Å². The fourth-order valence-electron chi connectivity index (χ4n) is 2.93. The van der Waals surface area contributed by atoms with Crippen LogP contribution in [0.4, 0.5) is 0 Å². The molecule has 1 aliphatic rings. The quantitative estimate of drug-likeness (QED) is 0.183. The van der Waals surface area contributed by atoms with Crippen molar-refractivity contribution in [1.29, 1.82) is 0 Å². The van der Waals surface area contributed by atoms with Gasteiger partial charge < -0.3 is 14.9 Å². The largest absolute Gasteiger partial charge is 0.475 e. The Kier molecular flexibility index (Phi) is 12.3. The molecule has 0 spiro atoms. The maximum atomic E-state index is 13.0. The minimum Gasteiger partial charge on any atom is -0.460 e. The molecule has 1 saturated carbocycles. The van der Waals surface area contributed by atoms with E-state index < -0.39 is 32.1 Å². The maximum absolute atomic E-state index is 13.0. The molecule has 2 N–H and O–H groups in total. The van der Waals surface area contributed by atoms with E-state index in [4.69, 9.17) is 18.3 Å². The summed E-state index contributed by atoms with van der Waals surface area (Å²) in [6.07, 6.45) is 1.78. The van der Waals surface area contributed by atoms with Crippen molar-refractivity contribution in [1.82, 2.24) is 0 Å². The first-order chi connectivity index (χ1) is 13.7. The average molecular weight is 436 g/mol. The van der Waals surface area contributed by atoms with Gasteiger partial charge in [0.1, 0.15) is 6.61 Å². The average Bonchev–Trinajstić information content (AvgIpc) is 2.68. The van der Waals surface area contributed by atoms with Gasteiger partial charge in [-0.3, -0.25) is 13.6 Å². The number of carbonyl (C=O) groups is 1. The van der Waals surface area contributed by atoms with Crippen LogP contribution in [-0.4, -0.2) is 54.3 Å². The number of phosphoric acid groups is 1. The third-order valence-electron chi connectivity index (χ3n) is 4.83. The molecular formula is C20H37O8P. The Morgan fingerprint density at radius 2 is 1.76 bits per heavy atom. The number of aliphatic hydroxyl groups excluding tert-OH is 2. The lowest BCUT2D eigenvalue weighted by molar-refractivity contribution is -0.144. The molecule has 0 heterocycles. The minimum atomic E-state index is -3.82. The van der Waals surface area contributed by atoms with Crippen molar-refractivity contribution in [3.8, 4) is 0 Å². The Hall–Kier alpha value is -0.760. The molecule has 170 valence electrons. The molecular weight excluding hydrogens is 399 g/mol. The van der Waals surface area contributed by atoms with Gasteiger partial charge in [-0.25, -0.2) is 9.36 Å². The molecule has 0 bridgehead atoms. The van der Waals surface area contributed by atoms with Crippen molar-refractivity contribution < 1.29 is 37.9 Å². The summed E-state index contributed by atoms with van der Waals surface area (Å²) in [5.74, 6) is -0.841. The van der Waals surface area contributed by atoms with Gasteiger partial charge in [0.05, 0.1) is 31.5 Å². The second-order valence-corrected chi connectivity index (χ2v) is 9.17. The number of hydrogen-bond acceptors (Lipinski definition) is 8. The van der Waals surface area contributed by atoms with Crippen LogP contribution in [0.25, 0.3) is 0 Å². The molecule has 0 aliphatic heterocycles. The molecule has 4 atom stereocenters. The summed E-state index contributed by atoms with van der Waals surface area (Å²) in [4.78, 5) is 11.5. The predicted molar refractivity (Wildman–Crippen MR) is 109 cm³/mol. The summed E-state index contributed by atoms with van der Waals surface area (Å²) >= 11 is 0. The van der Waals surface area contributed by atoms with Crippen molar-refractivity contribution >= 4 is 13.8 Å². The molecule has 0 aromatic rings. The number of hydrogen-bond donors (Lipinski definition) is 2. The van der Waals surface area contributed by atoms with Crippen LogP contribution in [0.15, 0.2) is 12.2 Å². The molecule has 4 unspecified atom stereocenters. The minimum absolute atomic E-state index is 0.170. The first-order valence-corrected chi connectivity index (χ1v) is 11.9. The van der Waals surface area contributed by atoms with Crippen LogP contribution in [-0.2, 0) is 27.7 Å². The molecule has 0 aromatic heterocycles. The predicted octanol–water partition coefficient (Wildman–Crippen LogP) is 3.75. The zero-order valence-electron chi connectivity index (χ0n) is 17.9. The Balaban J connectivity index is 2.69. The maximum Gasteiger partial charge on any atom is 0.475 e. The number of aliphatic hydroxyl groups is 2. The van der Waals surface area contributed by atoms with Gasteiger partial charge >= 0.3 is 13.8 Å². The van der Waals surface area contributed by atoms with E-state index in [1.54, 1.807) is 0 Å². The van der Waals surface area contributed by atoms with Gasteiger partial charge in [-0.15, -0.1) is 0 Å². The van der Waals surface area contributed by atoms with Gasteiger partial charge in [-0.1, -0.05) is 33.3 Å². The van der Waals surface area contributed by atoms with E-state index in [-0.39, 0.29) is 37.7 Å². The molecule has 1 aliphatic carbocycles. The fourth-order valence-corrected chi connectivity index (χ4v) is 4.39. The molecule has 29 heavy (non-hydrogen) atoms. The molecule has 8 nitrogen and oxygen atoms in total. The monoisotopic (exact) mass is 436 g/mol. The Bertz CT molecular complexity index is 539.